The standard InChI is InChI=1S/C25H24FN3O6/c26-18-12-17-19(29(16-6-7-16)14-21(23(17)30)35-25(33)34)13-20(18)27-8-10-28(11-9-27)22(24(31)32)15-4-2-1-3-5-15/h1-5,12-14,16,22H,6-11H2,(H,31,32)(H,33,34). The zero-order valence-corrected chi connectivity index (χ0v) is 18.8. The molecule has 10 heteroatoms. The number of piperazine rings is 1. The highest BCUT2D eigenvalue weighted by atomic mass is 19.1. The molecule has 2 heterocycles. The normalized spacial score (nSPS) is 17.3. The fourth-order valence-electron chi connectivity index (χ4n) is 4.76. The number of carboxylic acids is 1. The predicted molar refractivity (Wildman–Crippen MR) is 126 cm³/mol. The minimum atomic E-state index is -1.60. The Morgan fingerprint density at radius 1 is 1.03 bits per heavy atom. The van der Waals surface area contributed by atoms with E-state index in [0.29, 0.717) is 42.9 Å². The third-order valence-electron chi connectivity index (χ3n) is 6.57. The van der Waals surface area contributed by atoms with Gasteiger partial charge in [-0.1, -0.05) is 30.3 Å². The van der Waals surface area contributed by atoms with Crippen molar-refractivity contribution < 1.29 is 28.9 Å². The highest BCUT2D eigenvalue weighted by Crippen LogP contribution is 2.39. The van der Waals surface area contributed by atoms with Gasteiger partial charge in [-0.25, -0.2) is 9.18 Å². The van der Waals surface area contributed by atoms with Crippen molar-refractivity contribution in [3.05, 3.63) is 70.3 Å². The van der Waals surface area contributed by atoms with Gasteiger partial charge in [0.25, 0.3) is 0 Å². The average molecular weight is 481 g/mol. The smallest absolute Gasteiger partial charge is 0.480 e. The van der Waals surface area contributed by atoms with Crippen molar-refractivity contribution in [3.8, 4) is 5.75 Å². The Morgan fingerprint density at radius 3 is 2.31 bits per heavy atom. The van der Waals surface area contributed by atoms with E-state index >= 15 is 4.39 Å². The lowest BCUT2D eigenvalue weighted by molar-refractivity contribution is -0.143. The van der Waals surface area contributed by atoms with Gasteiger partial charge in [-0.2, -0.15) is 0 Å². The molecule has 1 saturated carbocycles. The molecule has 35 heavy (non-hydrogen) atoms. The minimum absolute atomic E-state index is 0.0607. The predicted octanol–water partition coefficient (Wildman–Crippen LogP) is 3.48. The van der Waals surface area contributed by atoms with Crippen LogP contribution in [0.5, 0.6) is 5.75 Å². The summed E-state index contributed by atoms with van der Waals surface area (Å²) in [7, 11) is 0. The number of aliphatic carboxylic acids is 1. The third kappa shape index (κ3) is 4.44. The molecule has 2 aromatic carbocycles. The molecule has 2 aliphatic rings. The van der Waals surface area contributed by atoms with E-state index in [1.807, 2.05) is 15.9 Å². The van der Waals surface area contributed by atoms with Crippen LogP contribution < -0.4 is 15.1 Å². The van der Waals surface area contributed by atoms with Gasteiger partial charge >= 0.3 is 12.1 Å². The van der Waals surface area contributed by atoms with Crippen LogP contribution in [0.4, 0.5) is 14.9 Å². The van der Waals surface area contributed by atoms with E-state index in [9.17, 15) is 19.5 Å². The monoisotopic (exact) mass is 481 g/mol. The van der Waals surface area contributed by atoms with Crippen molar-refractivity contribution in [1.29, 1.82) is 0 Å². The quantitative estimate of drug-likeness (QED) is 0.515. The van der Waals surface area contributed by atoms with Gasteiger partial charge in [0.15, 0.2) is 5.75 Å². The molecule has 2 fully saturated rings. The van der Waals surface area contributed by atoms with Gasteiger partial charge in [0.2, 0.25) is 5.43 Å². The van der Waals surface area contributed by atoms with Crippen LogP contribution in [0.2, 0.25) is 0 Å². The number of anilines is 1. The van der Waals surface area contributed by atoms with E-state index in [4.69, 9.17) is 5.11 Å². The van der Waals surface area contributed by atoms with Crippen LogP contribution in [0, 0.1) is 5.82 Å². The molecule has 0 bridgehead atoms. The maximum absolute atomic E-state index is 15.2. The Hall–Kier alpha value is -3.92. The molecule has 1 atom stereocenters. The molecule has 0 amide bonds. The van der Waals surface area contributed by atoms with Crippen molar-refractivity contribution in [2.45, 2.75) is 24.9 Å². The largest absolute Gasteiger partial charge is 0.511 e. The van der Waals surface area contributed by atoms with Crippen LogP contribution in [-0.4, -0.2) is 58.0 Å². The first kappa shape index (κ1) is 22.9. The van der Waals surface area contributed by atoms with Crippen LogP contribution in [0.15, 0.2) is 53.5 Å². The highest BCUT2D eigenvalue weighted by molar-refractivity contribution is 5.85. The molecule has 2 N–H and O–H groups in total. The third-order valence-corrected chi connectivity index (χ3v) is 6.57. The van der Waals surface area contributed by atoms with Crippen molar-refractivity contribution in [2.75, 3.05) is 31.1 Å². The molecule has 1 aliphatic heterocycles. The van der Waals surface area contributed by atoms with Crippen molar-refractivity contribution in [1.82, 2.24) is 9.47 Å². The van der Waals surface area contributed by atoms with E-state index in [0.717, 1.165) is 18.9 Å². The molecule has 182 valence electrons. The average Bonchev–Trinajstić information content (AvgIpc) is 3.67. The van der Waals surface area contributed by atoms with Crippen molar-refractivity contribution in [2.24, 2.45) is 0 Å². The van der Waals surface area contributed by atoms with Crippen molar-refractivity contribution >= 4 is 28.7 Å². The number of carboxylic acid groups (broad SMARTS) is 2. The molecule has 1 saturated heterocycles. The van der Waals surface area contributed by atoms with Gasteiger partial charge in [-0.3, -0.25) is 14.5 Å². The summed E-state index contributed by atoms with van der Waals surface area (Å²) in [5, 5.41) is 18.8. The summed E-state index contributed by atoms with van der Waals surface area (Å²) < 4.78 is 21.6. The molecule has 5 rings (SSSR count). The number of ether oxygens (including phenoxy) is 1. The number of aromatic nitrogens is 1. The Bertz CT molecular complexity index is 1350. The van der Waals surface area contributed by atoms with E-state index in [-0.39, 0.29) is 17.2 Å². The highest BCUT2D eigenvalue weighted by Gasteiger charge is 2.32. The second kappa shape index (κ2) is 9.03. The zero-order chi connectivity index (χ0) is 24.7. The molecule has 3 aromatic rings. The lowest BCUT2D eigenvalue weighted by Gasteiger charge is -2.39. The lowest BCUT2D eigenvalue weighted by Crippen LogP contribution is -2.49. The number of halogens is 1. The van der Waals surface area contributed by atoms with Gasteiger partial charge in [-0.05, 0) is 30.5 Å². The van der Waals surface area contributed by atoms with Gasteiger partial charge in [0.05, 0.1) is 22.8 Å². The number of nitrogens with zero attached hydrogens (tertiary/aromatic N) is 3. The number of hydrogen-bond acceptors (Lipinski definition) is 6. The number of carbonyl (C=O) groups is 2. The lowest BCUT2D eigenvalue weighted by atomic mass is 10.0. The summed E-state index contributed by atoms with van der Waals surface area (Å²) in [4.78, 5) is 39.5. The second-order valence-electron chi connectivity index (χ2n) is 8.82. The molecule has 1 aromatic heterocycles. The summed E-state index contributed by atoms with van der Waals surface area (Å²) >= 11 is 0. The Balaban J connectivity index is 1.44. The first-order valence-corrected chi connectivity index (χ1v) is 11.4. The van der Waals surface area contributed by atoms with E-state index in [1.54, 1.807) is 34.9 Å². The summed E-state index contributed by atoms with van der Waals surface area (Å²) in [6.45, 7) is 1.66. The number of fused-ring (bicyclic) bond motifs is 1. The molecule has 0 spiro atoms. The maximum Gasteiger partial charge on any atom is 0.511 e. The number of benzene rings is 2. The summed E-state index contributed by atoms with van der Waals surface area (Å²) in [6, 6.07) is 11.1. The van der Waals surface area contributed by atoms with E-state index < -0.39 is 29.4 Å². The van der Waals surface area contributed by atoms with Crippen LogP contribution in [0.1, 0.15) is 30.5 Å². The first-order valence-electron chi connectivity index (χ1n) is 11.4. The molecule has 0 radical (unpaired) electrons. The van der Waals surface area contributed by atoms with Gasteiger partial charge in [-0.15, -0.1) is 0 Å². The number of pyridine rings is 1. The van der Waals surface area contributed by atoms with Crippen LogP contribution in [-0.2, 0) is 4.79 Å². The molecule has 1 unspecified atom stereocenters. The molecule has 9 nitrogen and oxygen atoms in total. The SMILES string of the molecule is O=C(O)Oc1cn(C2CC2)c2cc(N3CCN(C(C(=O)O)c4ccccc4)CC3)c(F)cc2c1=O. The number of rotatable bonds is 6. The van der Waals surface area contributed by atoms with Crippen LogP contribution >= 0.6 is 0 Å². The first-order chi connectivity index (χ1) is 16.8. The summed E-state index contributed by atoms with van der Waals surface area (Å²) in [6.07, 6.45) is 1.51. The Kier molecular flexibility index (Phi) is 5.89. The van der Waals surface area contributed by atoms with Crippen LogP contribution in [0.25, 0.3) is 10.9 Å². The number of hydrogen-bond donors (Lipinski definition) is 2. The second-order valence-corrected chi connectivity index (χ2v) is 8.82. The van der Waals surface area contributed by atoms with E-state index in [2.05, 4.69) is 4.74 Å². The molecular formula is C25H24FN3O6. The zero-order valence-electron chi connectivity index (χ0n) is 18.8. The molecular weight excluding hydrogens is 457 g/mol. The molecule has 1 aliphatic carbocycles. The maximum atomic E-state index is 15.2. The Morgan fingerprint density at radius 2 is 1.71 bits per heavy atom. The Labute approximate surface area is 199 Å². The van der Waals surface area contributed by atoms with Gasteiger partial charge in [0.1, 0.15) is 11.9 Å². The van der Waals surface area contributed by atoms with Gasteiger partial charge in [0, 0.05) is 32.2 Å². The summed E-state index contributed by atoms with van der Waals surface area (Å²) in [5.41, 5.74) is 0.853. The minimum Gasteiger partial charge on any atom is -0.480 e. The fraction of sp³-hybridized carbons (Fsp3) is 0.320. The topological polar surface area (TPSA) is 112 Å². The fourth-order valence-corrected chi connectivity index (χ4v) is 4.76. The van der Waals surface area contributed by atoms with Crippen LogP contribution in [0.3, 0.4) is 0 Å². The van der Waals surface area contributed by atoms with Gasteiger partial charge < -0.3 is 24.4 Å². The summed E-state index contributed by atoms with van der Waals surface area (Å²) in [5.74, 6) is -1.89. The van der Waals surface area contributed by atoms with Crippen molar-refractivity contribution in [3.63, 3.8) is 0 Å². The van der Waals surface area contributed by atoms with E-state index in [1.165, 1.54) is 6.20 Å².